The number of carbonyl (C=O) groups is 8. The molecule has 2 aliphatic carbocycles. The van der Waals surface area contributed by atoms with Crippen LogP contribution in [0.3, 0.4) is 0 Å². The van der Waals surface area contributed by atoms with Crippen LogP contribution in [0.25, 0.3) is 0 Å². The summed E-state index contributed by atoms with van der Waals surface area (Å²) in [7, 11) is 0. The molecule has 0 spiro atoms. The zero-order chi connectivity index (χ0) is 28.8. The number of hydrogen-bond donors (Lipinski definition) is 0. The molecule has 0 saturated heterocycles. The molecular formula is C28H32N2O10. The van der Waals surface area contributed by atoms with Crippen LogP contribution in [-0.2, 0) is 47.8 Å². The lowest BCUT2D eigenvalue weighted by Gasteiger charge is -2.29. The van der Waals surface area contributed by atoms with Crippen LogP contribution in [0.1, 0.15) is 64.2 Å². The molecule has 2 fully saturated rings. The highest BCUT2D eigenvalue weighted by molar-refractivity contribution is 6.13. The van der Waals surface area contributed by atoms with Gasteiger partial charge in [0.15, 0.2) is 0 Å². The minimum atomic E-state index is -0.878. The largest absolute Gasteiger partial charge is 0.393 e. The number of ether oxygens (including phenoxy) is 2. The fourth-order valence-corrected chi connectivity index (χ4v) is 5.60. The first-order chi connectivity index (χ1) is 19.1. The second-order valence-electron chi connectivity index (χ2n) is 10.8. The van der Waals surface area contributed by atoms with E-state index < -0.39 is 48.6 Å². The van der Waals surface area contributed by atoms with E-state index in [4.69, 9.17) is 9.47 Å². The van der Waals surface area contributed by atoms with Gasteiger partial charge in [0, 0.05) is 37.4 Å². The second kappa shape index (κ2) is 12.9. The van der Waals surface area contributed by atoms with Gasteiger partial charge in [-0.15, -0.1) is 0 Å². The first-order valence-electron chi connectivity index (χ1n) is 13.7. The number of rotatable bonds is 9. The van der Waals surface area contributed by atoms with Gasteiger partial charge < -0.3 is 9.47 Å². The van der Waals surface area contributed by atoms with E-state index in [0.717, 1.165) is 0 Å². The van der Waals surface area contributed by atoms with Crippen LogP contribution in [0.4, 0.5) is 0 Å². The van der Waals surface area contributed by atoms with E-state index in [1.54, 1.807) is 0 Å². The number of esters is 4. The Balaban J connectivity index is 1.09. The Kier molecular flexibility index (Phi) is 9.38. The summed E-state index contributed by atoms with van der Waals surface area (Å²) >= 11 is 0. The summed E-state index contributed by atoms with van der Waals surface area (Å²) in [5.74, 6) is -5.28. The predicted molar refractivity (Wildman–Crippen MR) is 134 cm³/mol. The molecule has 0 radical (unpaired) electrons. The number of nitrogens with zero attached hydrogens (tertiary/aromatic N) is 2. The normalized spacial score (nSPS) is 26.4. The quantitative estimate of drug-likeness (QED) is 0.230. The number of hydrogen-bond acceptors (Lipinski definition) is 10. The molecule has 2 aliphatic heterocycles. The van der Waals surface area contributed by atoms with Gasteiger partial charge in [0.25, 0.3) is 23.6 Å². The van der Waals surface area contributed by atoms with E-state index in [1.165, 1.54) is 34.1 Å². The Hall–Kier alpha value is -3.96. The summed E-state index contributed by atoms with van der Waals surface area (Å²) in [6, 6.07) is 0. The Morgan fingerprint density at radius 2 is 0.850 bits per heavy atom. The molecule has 4 amide bonds. The minimum absolute atomic E-state index is 0.0747. The van der Waals surface area contributed by atoms with Crippen molar-refractivity contribution < 1.29 is 47.8 Å². The summed E-state index contributed by atoms with van der Waals surface area (Å²) in [4.78, 5) is 98.2. The zero-order valence-corrected chi connectivity index (χ0v) is 22.1. The Morgan fingerprint density at radius 1 is 0.550 bits per heavy atom. The molecule has 214 valence electrons. The van der Waals surface area contributed by atoms with Crippen molar-refractivity contribution in [1.82, 2.24) is 9.80 Å². The molecule has 0 unspecified atom stereocenters. The van der Waals surface area contributed by atoms with Gasteiger partial charge >= 0.3 is 23.9 Å². The average Bonchev–Trinajstić information content (AvgIpc) is 3.43. The topological polar surface area (TPSA) is 162 Å². The van der Waals surface area contributed by atoms with E-state index in [0.29, 0.717) is 64.5 Å². The fourth-order valence-electron chi connectivity index (χ4n) is 5.60. The highest BCUT2D eigenvalue weighted by Gasteiger charge is 2.34. The van der Waals surface area contributed by atoms with Crippen LogP contribution >= 0.6 is 0 Å². The fraction of sp³-hybridized carbons (Fsp3) is 0.571. The van der Waals surface area contributed by atoms with Crippen molar-refractivity contribution in [2.24, 2.45) is 23.7 Å². The van der Waals surface area contributed by atoms with Crippen LogP contribution in [0.2, 0.25) is 0 Å². The second-order valence-corrected chi connectivity index (χ2v) is 10.8. The maximum absolute atomic E-state index is 12.4. The Bertz CT molecular complexity index is 1030. The van der Waals surface area contributed by atoms with E-state index in [9.17, 15) is 38.4 Å². The van der Waals surface area contributed by atoms with Gasteiger partial charge in [-0.3, -0.25) is 48.2 Å². The minimum Gasteiger partial charge on any atom is -0.393 e. The molecule has 0 aromatic heterocycles. The molecule has 4 aliphatic rings. The van der Waals surface area contributed by atoms with Gasteiger partial charge in [-0.2, -0.15) is 0 Å². The molecule has 0 bridgehead atoms. The van der Waals surface area contributed by atoms with E-state index in [-0.39, 0.29) is 35.5 Å². The summed E-state index contributed by atoms with van der Waals surface area (Å²) in [6.07, 6.45) is 8.38. The standard InChI is InChI=1S/C28H32N2O10/c31-21-9-10-22(32)29(21)15-17-1-5-19(6-2-17)27(37)39-25(35)13-14-26(36)40-28(38)20-7-3-18(4-8-20)16-30-23(33)11-12-24(30)34/h9-12,17-20H,1-8,13-16H2. The van der Waals surface area contributed by atoms with Crippen molar-refractivity contribution in [3.63, 3.8) is 0 Å². The summed E-state index contributed by atoms with van der Waals surface area (Å²) < 4.78 is 9.78. The van der Waals surface area contributed by atoms with Crippen molar-refractivity contribution in [2.45, 2.75) is 64.2 Å². The van der Waals surface area contributed by atoms with E-state index >= 15 is 0 Å². The van der Waals surface area contributed by atoms with Crippen molar-refractivity contribution in [1.29, 1.82) is 0 Å². The highest BCUT2D eigenvalue weighted by Crippen LogP contribution is 2.32. The third-order valence-corrected chi connectivity index (χ3v) is 8.00. The molecule has 2 heterocycles. The smallest absolute Gasteiger partial charge is 0.316 e. The summed E-state index contributed by atoms with van der Waals surface area (Å²) in [5.41, 5.74) is 0. The monoisotopic (exact) mass is 556 g/mol. The molecular weight excluding hydrogens is 524 g/mol. The molecule has 2 saturated carbocycles. The van der Waals surface area contributed by atoms with Gasteiger partial charge in [-0.05, 0) is 63.2 Å². The maximum Gasteiger partial charge on any atom is 0.316 e. The van der Waals surface area contributed by atoms with Gasteiger partial charge in [0.1, 0.15) is 0 Å². The third-order valence-electron chi connectivity index (χ3n) is 8.00. The van der Waals surface area contributed by atoms with Crippen molar-refractivity contribution in [3.05, 3.63) is 24.3 Å². The molecule has 40 heavy (non-hydrogen) atoms. The highest BCUT2D eigenvalue weighted by atomic mass is 16.6. The molecule has 0 N–H and O–H groups in total. The van der Waals surface area contributed by atoms with Gasteiger partial charge in [-0.1, -0.05) is 0 Å². The lowest BCUT2D eigenvalue weighted by atomic mass is 9.82. The lowest BCUT2D eigenvalue weighted by Crippen LogP contribution is -2.37. The Morgan fingerprint density at radius 3 is 1.15 bits per heavy atom. The average molecular weight is 557 g/mol. The molecule has 0 aromatic carbocycles. The van der Waals surface area contributed by atoms with Crippen LogP contribution in [0.5, 0.6) is 0 Å². The third kappa shape index (κ3) is 7.36. The molecule has 4 rings (SSSR count). The maximum atomic E-state index is 12.4. The van der Waals surface area contributed by atoms with E-state index in [2.05, 4.69) is 0 Å². The number of amides is 4. The van der Waals surface area contributed by atoms with Crippen LogP contribution in [0, 0.1) is 23.7 Å². The van der Waals surface area contributed by atoms with Crippen LogP contribution < -0.4 is 0 Å². The Labute approximate surface area is 230 Å². The molecule has 0 aromatic rings. The zero-order valence-electron chi connectivity index (χ0n) is 22.1. The van der Waals surface area contributed by atoms with Crippen LogP contribution in [0.15, 0.2) is 24.3 Å². The molecule has 12 heteroatoms. The number of imide groups is 2. The first-order valence-corrected chi connectivity index (χ1v) is 13.7. The number of carbonyl (C=O) groups excluding carboxylic acids is 8. The van der Waals surface area contributed by atoms with Crippen LogP contribution in [-0.4, -0.2) is 70.4 Å². The first kappa shape index (κ1) is 29.0. The predicted octanol–water partition coefficient (Wildman–Crippen LogP) is 1.37. The summed E-state index contributed by atoms with van der Waals surface area (Å²) in [6.45, 7) is 0.595. The van der Waals surface area contributed by atoms with Gasteiger partial charge in [0.2, 0.25) is 0 Å². The van der Waals surface area contributed by atoms with Crippen molar-refractivity contribution in [3.8, 4) is 0 Å². The van der Waals surface area contributed by atoms with E-state index in [1.807, 2.05) is 0 Å². The van der Waals surface area contributed by atoms with Gasteiger partial charge in [0.05, 0.1) is 24.7 Å². The molecule has 0 atom stereocenters. The molecule has 12 nitrogen and oxygen atoms in total. The van der Waals surface area contributed by atoms with Crippen molar-refractivity contribution in [2.75, 3.05) is 13.1 Å². The summed E-state index contributed by atoms with van der Waals surface area (Å²) in [5, 5.41) is 0. The van der Waals surface area contributed by atoms with Gasteiger partial charge in [-0.25, -0.2) is 0 Å². The lowest BCUT2D eigenvalue weighted by molar-refractivity contribution is -0.168. The van der Waals surface area contributed by atoms with Crippen molar-refractivity contribution >= 4 is 47.5 Å². The SMILES string of the molecule is O=C(CCC(=O)OC(=O)C1CCC(CN2C(=O)C=CC2=O)CC1)OC(=O)C1CCC(CN2C(=O)C=CC2=O)CC1.